The molecule has 2 nitrogen and oxygen atoms in total. The number of ether oxygens (including phenoxy) is 1. The number of hydrogen-bond acceptors (Lipinski definition) is 2. The van der Waals surface area contributed by atoms with E-state index < -0.39 is 17.3 Å². The quantitative estimate of drug-likeness (QED) is 0.841. The van der Waals surface area contributed by atoms with E-state index in [1.807, 2.05) is 0 Å². The van der Waals surface area contributed by atoms with Crippen molar-refractivity contribution in [1.82, 2.24) is 0 Å². The predicted octanol–water partition coefficient (Wildman–Crippen LogP) is 3.01. The summed E-state index contributed by atoms with van der Waals surface area (Å²) >= 11 is 0. The number of benzene rings is 1. The van der Waals surface area contributed by atoms with Gasteiger partial charge in [0.05, 0.1) is 11.2 Å². The number of alkyl halides is 3. The molecular weight excluding hydrogens is 245 g/mol. The fourth-order valence-corrected chi connectivity index (χ4v) is 2.43. The lowest BCUT2D eigenvalue weighted by Gasteiger charge is -2.34. The highest BCUT2D eigenvalue weighted by molar-refractivity contribution is 5.39. The van der Waals surface area contributed by atoms with E-state index >= 15 is 0 Å². The molecule has 0 atom stereocenters. The largest absolute Gasteiger partial charge is 0.416 e. The summed E-state index contributed by atoms with van der Waals surface area (Å²) in [6.07, 6.45) is -3.73. The van der Waals surface area contributed by atoms with Gasteiger partial charge < -0.3 is 9.84 Å². The van der Waals surface area contributed by atoms with E-state index in [2.05, 4.69) is 0 Å². The van der Waals surface area contributed by atoms with Gasteiger partial charge in [-0.1, -0.05) is 12.1 Å². The lowest BCUT2D eigenvalue weighted by atomic mass is 9.82. The summed E-state index contributed by atoms with van der Waals surface area (Å²) in [7, 11) is 0. The van der Waals surface area contributed by atoms with Crippen molar-refractivity contribution >= 4 is 0 Å². The molecule has 2 rings (SSSR count). The van der Waals surface area contributed by atoms with Crippen molar-refractivity contribution in [3.8, 4) is 0 Å². The van der Waals surface area contributed by atoms with Crippen LogP contribution in [0.15, 0.2) is 18.2 Å². The van der Waals surface area contributed by atoms with Crippen LogP contribution in [0.2, 0.25) is 0 Å². The van der Waals surface area contributed by atoms with Crippen molar-refractivity contribution in [2.45, 2.75) is 31.5 Å². The van der Waals surface area contributed by atoms with Crippen LogP contribution in [-0.4, -0.2) is 18.3 Å². The van der Waals surface area contributed by atoms with Gasteiger partial charge in [0.15, 0.2) is 0 Å². The van der Waals surface area contributed by atoms with Gasteiger partial charge in [-0.2, -0.15) is 13.2 Å². The summed E-state index contributed by atoms with van der Waals surface area (Å²) in [6.45, 7) is 2.14. The smallest absolute Gasteiger partial charge is 0.385 e. The molecule has 1 fully saturated rings. The lowest BCUT2D eigenvalue weighted by Crippen LogP contribution is -2.34. The normalized spacial score (nSPS) is 19.8. The summed E-state index contributed by atoms with van der Waals surface area (Å²) < 4.78 is 43.6. The molecule has 1 aliphatic heterocycles. The van der Waals surface area contributed by atoms with Crippen LogP contribution in [0, 0.1) is 6.92 Å². The third-order valence-corrected chi connectivity index (χ3v) is 3.46. The third-order valence-electron chi connectivity index (χ3n) is 3.46. The first-order valence-corrected chi connectivity index (χ1v) is 5.82. The Bertz CT molecular complexity index is 434. The molecule has 1 aromatic rings. The van der Waals surface area contributed by atoms with Crippen molar-refractivity contribution in [3.63, 3.8) is 0 Å². The van der Waals surface area contributed by atoms with Crippen molar-refractivity contribution in [1.29, 1.82) is 0 Å². The second kappa shape index (κ2) is 4.55. The van der Waals surface area contributed by atoms with E-state index in [-0.39, 0.29) is 5.56 Å². The predicted molar refractivity (Wildman–Crippen MR) is 60.1 cm³/mol. The molecule has 18 heavy (non-hydrogen) atoms. The van der Waals surface area contributed by atoms with Crippen LogP contribution < -0.4 is 0 Å². The maximum Gasteiger partial charge on any atom is 0.416 e. The molecule has 1 saturated heterocycles. The number of halogens is 3. The number of rotatable bonds is 1. The summed E-state index contributed by atoms with van der Waals surface area (Å²) in [5.41, 5.74) is -1.42. The van der Waals surface area contributed by atoms with Crippen molar-refractivity contribution in [2.24, 2.45) is 0 Å². The van der Waals surface area contributed by atoms with E-state index in [1.54, 1.807) is 6.07 Å². The van der Waals surface area contributed by atoms with Crippen LogP contribution in [0.25, 0.3) is 0 Å². The fraction of sp³-hybridized carbons (Fsp3) is 0.538. The van der Waals surface area contributed by atoms with Crippen LogP contribution in [0.3, 0.4) is 0 Å². The monoisotopic (exact) mass is 260 g/mol. The number of hydrogen-bond donors (Lipinski definition) is 1. The minimum atomic E-state index is -4.39. The molecule has 0 amide bonds. The maximum absolute atomic E-state index is 12.8. The molecule has 0 unspecified atom stereocenters. The Hall–Kier alpha value is -1.07. The minimum absolute atomic E-state index is 0.106. The zero-order chi connectivity index (χ0) is 13.4. The van der Waals surface area contributed by atoms with Gasteiger partial charge in [-0.15, -0.1) is 0 Å². The Morgan fingerprint density at radius 2 is 1.83 bits per heavy atom. The summed E-state index contributed by atoms with van der Waals surface area (Å²) in [5.74, 6) is 0. The maximum atomic E-state index is 12.8. The van der Waals surface area contributed by atoms with Crippen LogP contribution in [0.1, 0.15) is 29.5 Å². The molecule has 0 aliphatic carbocycles. The van der Waals surface area contributed by atoms with Gasteiger partial charge in [0.2, 0.25) is 0 Å². The Morgan fingerprint density at radius 3 is 2.39 bits per heavy atom. The highest BCUT2D eigenvalue weighted by Crippen LogP contribution is 2.39. The van der Waals surface area contributed by atoms with Crippen LogP contribution in [0.4, 0.5) is 13.2 Å². The molecule has 0 aromatic heterocycles. The standard InChI is InChI=1S/C13H15F3O2/c1-9-10(12(17)5-7-18-8-6-12)3-2-4-11(9)13(14,15)16/h2-4,17H,5-8H2,1H3. The van der Waals surface area contributed by atoms with Crippen LogP contribution in [0.5, 0.6) is 0 Å². The topological polar surface area (TPSA) is 29.5 Å². The summed E-state index contributed by atoms with van der Waals surface area (Å²) in [5, 5.41) is 10.5. The summed E-state index contributed by atoms with van der Waals surface area (Å²) in [4.78, 5) is 0. The molecule has 0 spiro atoms. The Kier molecular flexibility index (Phi) is 3.38. The van der Waals surface area contributed by atoms with Gasteiger partial charge in [0.25, 0.3) is 0 Å². The molecule has 1 N–H and O–H groups in total. The average Bonchev–Trinajstić information content (AvgIpc) is 2.28. The van der Waals surface area contributed by atoms with E-state index in [4.69, 9.17) is 4.74 Å². The highest BCUT2D eigenvalue weighted by Gasteiger charge is 2.38. The van der Waals surface area contributed by atoms with Crippen molar-refractivity contribution < 1.29 is 23.0 Å². The van der Waals surface area contributed by atoms with Gasteiger partial charge in [-0.3, -0.25) is 0 Å². The average molecular weight is 260 g/mol. The zero-order valence-electron chi connectivity index (χ0n) is 10.0. The molecular formula is C13H15F3O2. The molecule has 1 heterocycles. The number of aliphatic hydroxyl groups is 1. The molecule has 5 heteroatoms. The van der Waals surface area contributed by atoms with E-state index in [0.717, 1.165) is 6.07 Å². The first-order valence-electron chi connectivity index (χ1n) is 5.82. The van der Waals surface area contributed by atoms with E-state index in [0.29, 0.717) is 31.6 Å². The molecule has 0 saturated carbocycles. The second-order valence-electron chi connectivity index (χ2n) is 4.62. The first-order chi connectivity index (χ1) is 8.34. The van der Waals surface area contributed by atoms with Gasteiger partial charge in [-0.05, 0) is 24.1 Å². The zero-order valence-corrected chi connectivity index (χ0v) is 10.0. The SMILES string of the molecule is Cc1c(C(F)(F)F)cccc1C1(O)CCOCC1. The van der Waals surface area contributed by atoms with E-state index in [9.17, 15) is 18.3 Å². The van der Waals surface area contributed by atoms with Crippen molar-refractivity contribution in [3.05, 3.63) is 34.9 Å². The van der Waals surface area contributed by atoms with Gasteiger partial charge >= 0.3 is 6.18 Å². The van der Waals surface area contributed by atoms with Gasteiger partial charge in [-0.25, -0.2) is 0 Å². The van der Waals surface area contributed by atoms with Gasteiger partial charge in [0, 0.05) is 26.1 Å². The molecule has 1 aliphatic rings. The molecule has 1 aromatic carbocycles. The summed E-state index contributed by atoms with van der Waals surface area (Å²) in [6, 6.07) is 3.95. The van der Waals surface area contributed by atoms with Crippen LogP contribution in [-0.2, 0) is 16.5 Å². The van der Waals surface area contributed by atoms with Crippen LogP contribution >= 0.6 is 0 Å². The van der Waals surface area contributed by atoms with Gasteiger partial charge in [0.1, 0.15) is 0 Å². The Labute approximate surface area is 103 Å². The lowest BCUT2D eigenvalue weighted by molar-refractivity contribution is -0.138. The van der Waals surface area contributed by atoms with E-state index in [1.165, 1.54) is 13.0 Å². The third kappa shape index (κ3) is 2.37. The first kappa shape index (κ1) is 13.4. The Morgan fingerprint density at radius 1 is 1.22 bits per heavy atom. The molecule has 0 bridgehead atoms. The Balaban J connectivity index is 2.45. The molecule has 0 radical (unpaired) electrons. The molecule has 100 valence electrons. The van der Waals surface area contributed by atoms with Crippen molar-refractivity contribution in [2.75, 3.05) is 13.2 Å². The second-order valence-corrected chi connectivity index (χ2v) is 4.62. The highest BCUT2D eigenvalue weighted by atomic mass is 19.4. The fourth-order valence-electron chi connectivity index (χ4n) is 2.43. The minimum Gasteiger partial charge on any atom is -0.385 e.